The number of benzene rings is 2. The molecule has 1 amide bonds. The SMILES string of the molecule is COc1ccc(SCCC(=O)Nc2cc(Cl)ccc2F)cc1. The predicted molar refractivity (Wildman–Crippen MR) is 88.4 cm³/mol. The maximum absolute atomic E-state index is 13.5. The van der Waals surface area contributed by atoms with Gasteiger partial charge in [0, 0.05) is 22.1 Å². The summed E-state index contributed by atoms with van der Waals surface area (Å²) in [6, 6.07) is 11.6. The van der Waals surface area contributed by atoms with Crippen LogP contribution in [-0.2, 0) is 4.79 Å². The number of amides is 1. The summed E-state index contributed by atoms with van der Waals surface area (Å²) in [6.07, 6.45) is 0.280. The molecule has 0 saturated carbocycles. The standard InChI is InChI=1S/C16H15ClFNO2S/c1-21-12-3-5-13(6-4-12)22-9-8-16(20)19-15-10-11(17)2-7-14(15)18/h2-7,10H,8-9H2,1H3,(H,19,20). The van der Waals surface area contributed by atoms with Crippen molar-refractivity contribution in [2.45, 2.75) is 11.3 Å². The second kappa shape index (κ2) is 8.06. The van der Waals surface area contributed by atoms with Gasteiger partial charge in [0.05, 0.1) is 12.8 Å². The van der Waals surface area contributed by atoms with E-state index < -0.39 is 5.82 Å². The molecule has 0 heterocycles. The number of rotatable bonds is 6. The Morgan fingerprint density at radius 3 is 2.68 bits per heavy atom. The molecule has 0 aliphatic carbocycles. The van der Waals surface area contributed by atoms with Crippen LogP contribution in [0.1, 0.15) is 6.42 Å². The average molecular weight is 340 g/mol. The highest BCUT2D eigenvalue weighted by Gasteiger charge is 2.08. The summed E-state index contributed by atoms with van der Waals surface area (Å²) in [7, 11) is 1.61. The van der Waals surface area contributed by atoms with Crippen LogP contribution >= 0.6 is 23.4 Å². The van der Waals surface area contributed by atoms with Gasteiger partial charge in [-0.3, -0.25) is 4.79 Å². The van der Waals surface area contributed by atoms with Gasteiger partial charge in [-0.15, -0.1) is 11.8 Å². The zero-order chi connectivity index (χ0) is 15.9. The second-order valence-electron chi connectivity index (χ2n) is 4.45. The van der Waals surface area contributed by atoms with Crippen LogP contribution in [0.5, 0.6) is 5.75 Å². The average Bonchev–Trinajstić information content (AvgIpc) is 2.51. The Bertz CT molecular complexity index is 649. The van der Waals surface area contributed by atoms with Crippen molar-refractivity contribution >= 4 is 35.0 Å². The Hall–Kier alpha value is -1.72. The van der Waals surface area contributed by atoms with Crippen LogP contribution < -0.4 is 10.1 Å². The molecule has 0 radical (unpaired) electrons. The lowest BCUT2D eigenvalue weighted by molar-refractivity contribution is -0.115. The summed E-state index contributed by atoms with van der Waals surface area (Å²) in [6.45, 7) is 0. The highest BCUT2D eigenvalue weighted by atomic mass is 35.5. The van der Waals surface area contributed by atoms with Gasteiger partial charge in [-0.05, 0) is 42.5 Å². The van der Waals surface area contributed by atoms with Crippen molar-refractivity contribution in [3.63, 3.8) is 0 Å². The number of hydrogen-bond acceptors (Lipinski definition) is 3. The van der Waals surface area contributed by atoms with Gasteiger partial charge in [-0.1, -0.05) is 11.6 Å². The summed E-state index contributed by atoms with van der Waals surface area (Å²) >= 11 is 7.33. The van der Waals surface area contributed by atoms with Crippen LogP contribution in [0.2, 0.25) is 5.02 Å². The first-order valence-corrected chi connectivity index (χ1v) is 7.96. The fourth-order valence-corrected chi connectivity index (χ4v) is 2.76. The van der Waals surface area contributed by atoms with E-state index in [1.807, 2.05) is 24.3 Å². The summed E-state index contributed by atoms with van der Waals surface area (Å²) < 4.78 is 18.6. The third-order valence-electron chi connectivity index (χ3n) is 2.86. The Morgan fingerprint density at radius 1 is 1.27 bits per heavy atom. The third kappa shape index (κ3) is 4.93. The zero-order valence-corrected chi connectivity index (χ0v) is 13.5. The van der Waals surface area contributed by atoms with Gasteiger partial charge in [0.1, 0.15) is 11.6 Å². The highest BCUT2D eigenvalue weighted by Crippen LogP contribution is 2.23. The molecule has 116 valence electrons. The minimum absolute atomic E-state index is 0.104. The first-order valence-electron chi connectivity index (χ1n) is 6.60. The number of hydrogen-bond donors (Lipinski definition) is 1. The number of methoxy groups -OCH3 is 1. The van der Waals surface area contributed by atoms with Crippen molar-refractivity contribution in [3.05, 3.63) is 53.3 Å². The topological polar surface area (TPSA) is 38.3 Å². The van der Waals surface area contributed by atoms with Gasteiger partial charge in [0.2, 0.25) is 5.91 Å². The number of thioether (sulfide) groups is 1. The van der Waals surface area contributed by atoms with Crippen molar-refractivity contribution in [3.8, 4) is 5.75 Å². The zero-order valence-electron chi connectivity index (χ0n) is 11.9. The van der Waals surface area contributed by atoms with Crippen LogP contribution in [0.3, 0.4) is 0 Å². The summed E-state index contributed by atoms with van der Waals surface area (Å²) in [4.78, 5) is 12.9. The molecule has 1 N–H and O–H groups in total. The molecular weight excluding hydrogens is 325 g/mol. The minimum atomic E-state index is -0.499. The van der Waals surface area contributed by atoms with Crippen molar-refractivity contribution in [2.75, 3.05) is 18.2 Å². The summed E-state index contributed by atoms with van der Waals surface area (Å²) in [5, 5.41) is 2.90. The fourth-order valence-electron chi connectivity index (χ4n) is 1.74. The summed E-state index contributed by atoms with van der Waals surface area (Å²) in [5.41, 5.74) is 0.104. The molecule has 2 aromatic carbocycles. The number of anilines is 1. The van der Waals surface area contributed by atoms with Crippen LogP contribution in [0.25, 0.3) is 0 Å². The van der Waals surface area contributed by atoms with Gasteiger partial charge in [0.15, 0.2) is 0 Å². The Labute approximate surface area is 137 Å². The molecule has 22 heavy (non-hydrogen) atoms. The van der Waals surface area contributed by atoms with E-state index >= 15 is 0 Å². The number of carbonyl (C=O) groups is 1. The van der Waals surface area contributed by atoms with E-state index in [-0.39, 0.29) is 18.0 Å². The van der Waals surface area contributed by atoms with Crippen LogP contribution in [0.4, 0.5) is 10.1 Å². The van der Waals surface area contributed by atoms with Crippen LogP contribution in [0, 0.1) is 5.82 Å². The largest absolute Gasteiger partial charge is 0.497 e. The molecule has 3 nitrogen and oxygen atoms in total. The maximum Gasteiger partial charge on any atom is 0.225 e. The highest BCUT2D eigenvalue weighted by molar-refractivity contribution is 7.99. The molecule has 0 saturated heterocycles. The van der Waals surface area contributed by atoms with Crippen molar-refractivity contribution in [1.29, 1.82) is 0 Å². The monoisotopic (exact) mass is 339 g/mol. The molecule has 0 fully saturated rings. The maximum atomic E-state index is 13.5. The van der Waals surface area contributed by atoms with Crippen molar-refractivity contribution < 1.29 is 13.9 Å². The minimum Gasteiger partial charge on any atom is -0.497 e. The van der Waals surface area contributed by atoms with E-state index in [4.69, 9.17) is 16.3 Å². The predicted octanol–water partition coefficient (Wildman–Crippen LogP) is 4.61. The molecule has 6 heteroatoms. The van der Waals surface area contributed by atoms with Gasteiger partial charge < -0.3 is 10.1 Å². The van der Waals surface area contributed by atoms with E-state index in [0.29, 0.717) is 10.8 Å². The number of carbonyl (C=O) groups excluding carboxylic acids is 1. The summed E-state index contributed by atoms with van der Waals surface area (Å²) in [5.74, 6) is 0.640. The van der Waals surface area contributed by atoms with Crippen LogP contribution in [0.15, 0.2) is 47.4 Å². The molecule has 0 aliphatic heterocycles. The number of ether oxygens (including phenoxy) is 1. The van der Waals surface area contributed by atoms with E-state index in [9.17, 15) is 9.18 Å². The van der Waals surface area contributed by atoms with Crippen molar-refractivity contribution in [2.24, 2.45) is 0 Å². The van der Waals surface area contributed by atoms with Gasteiger partial charge in [-0.2, -0.15) is 0 Å². The van der Waals surface area contributed by atoms with Gasteiger partial charge in [0.25, 0.3) is 0 Å². The molecule has 0 aromatic heterocycles. The molecule has 0 unspecified atom stereocenters. The van der Waals surface area contributed by atoms with Gasteiger partial charge in [-0.25, -0.2) is 4.39 Å². The molecule has 0 aliphatic rings. The van der Waals surface area contributed by atoms with Gasteiger partial charge >= 0.3 is 0 Å². The lowest BCUT2D eigenvalue weighted by Gasteiger charge is -2.07. The van der Waals surface area contributed by atoms with E-state index in [1.54, 1.807) is 18.9 Å². The fraction of sp³-hybridized carbons (Fsp3) is 0.188. The molecule has 0 spiro atoms. The first-order chi connectivity index (χ1) is 10.6. The van der Waals surface area contributed by atoms with E-state index in [0.717, 1.165) is 10.6 Å². The van der Waals surface area contributed by atoms with Crippen molar-refractivity contribution in [1.82, 2.24) is 0 Å². The lowest BCUT2D eigenvalue weighted by Crippen LogP contribution is -2.13. The Morgan fingerprint density at radius 2 is 2.00 bits per heavy atom. The van der Waals surface area contributed by atoms with Crippen LogP contribution in [-0.4, -0.2) is 18.8 Å². The molecule has 0 bridgehead atoms. The quantitative estimate of drug-likeness (QED) is 0.781. The second-order valence-corrected chi connectivity index (χ2v) is 6.05. The Kier molecular flexibility index (Phi) is 6.10. The normalized spacial score (nSPS) is 10.3. The number of halogens is 2. The molecular formula is C16H15ClFNO2S. The lowest BCUT2D eigenvalue weighted by atomic mass is 10.3. The third-order valence-corrected chi connectivity index (χ3v) is 4.11. The molecule has 2 aromatic rings. The van der Waals surface area contributed by atoms with E-state index in [2.05, 4.69) is 5.32 Å². The smallest absolute Gasteiger partial charge is 0.225 e. The molecule has 0 atom stereocenters. The Balaban J connectivity index is 1.81. The molecule has 2 rings (SSSR count). The number of nitrogens with one attached hydrogen (secondary N) is 1. The van der Waals surface area contributed by atoms with E-state index in [1.165, 1.54) is 18.2 Å². The first kappa shape index (κ1) is 16.6.